The first kappa shape index (κ1) is 28.3. The molecule has 4 rings (SSSR count). The minimum Gasteiger partial charge on any atom is -0.495 e. The first-order valence-corrected chi connectivity index (χ1v) is 14.2. The summed E-state index contributed by atoms with van der Waals surface area (Å²) in [4.78, 5) is 30.2. The molecule has 2 N–H and O–H groups in total. The molecule has 0 bridgehead atoms. The molecule has 9 nitrogen and oxygen atoms in total. The molecule has 10 heteroatoms. The lowest BCUT2D eigenvalue weighted by molar-refractivity contribution is -0.117. The Hall–Kier alpha value is -3.73. The van der Waals surface area contributed by atoms with Crippen molar-refractivity contribution in [3.8, 4) is 5.75 Å². The molecular weight excluding hydrogens is 516 g/mol. The van der Waals surface area contributed by atoms with Gasteiger partial charge in [0.2, 0.25) is 15.9 Å². The molecule has 1 aliphatic rings. The maximum atomic E-state index is 13.4. The summed E-state index contributed by atoms with van der Waals surface area (Å²) < 4.78 is 34.6. The SMILES string of the molecule is COc1ccc(C)cc1S(=O)(=O)NC(Cc1ccccc1)C(=O)Nc1ccc(C(=O)N2CCN(C)CC2)cc1. The Balaban J connectivity index is 1.52. The Morgan fingerprint density at radius 2 is 1.62 bits per heavy atom. The number of hydrogen-bond acceptors (Lipinski definition) is 6. The summed E-state index contributed by atoms with van der Waals surface area (Å²) in [5.74, 6) is -0.387. The molecule has 1 saturated heterocycles. The van der Waals surface area contributed by atoms with Gasteiger partial charge in [0.15, 0.2) is 0 Å². The number of hydrogen-bond donors (Lipinski definition) is 2. The van der Waals surface area contributed by atoms with E-state index in [1.165, 1.54) is 13.2 Å². The van der Waals surface area contributed by atoms with E-state index in [1.54, 1.807) is 43.3 Å². The number of rotatable bonds is 9. The molecule has 0 saturated carbocycles. The third kappa shape index (κ3) is 7.23. The van der Waals surface area contributed by atoms with Crippen molar-refractivity contribution < 1.29 is 22.7 Å². The van der Waals surface area contributed by atoms with Gasteiger partial charge in [-0.25, -0.2) is 8.42 Å². The molecule has 206 valence electrons. The lowest BCUT2D eigenvalue weighted by Crippen LogP contribution is -2.47. The van der Waals surface area contributed by atoms with Crippen LogP contribution in [0.15, 0.2) is 77.7 Å². The average molecular weight is 551 g/mol. The molecule has 1 aliphatic heterocycles. The van der Waals surface area contributed by atoms with E-state index in [4.69, 9.17) is 4.74 Å². The van der Waals surface area contributed by atoms with Gasteiger partial charge in [-0.3, -0.25) is 9.59 Å². The first-order valence-electron chi connectivity index (χ1n) is 12.8. The Labute approximate surface area is 229 Å². The van der Waals surface area contributed by atoms with Crippen LogP contribution in [-0.4, -0.2) is 76.4 Å². The van der Waals surface area contributed by atoms with Gasteiger partial charge >= 0.3 is 0 Å². The van der Waals surface area contributed by atoms with E-state index in [9.17, 15) is 18.0 Å². The number of nitrogens with zero attached hydrogens (tertiary/aromatic N) is 2. The predicted octanol–water partition coefficient (Wildman–Crippen LogP) is 2.92. The third-order valence-corrected chi connectivity index (χ3v) is 8.19. The zero-order valence-electron chi connectivity index (χ0n) is 22.4. The van der Waals surface area contributed by atoms with Crippen molar-refractivity contribution in [2.75, 3.05) is 45.7 Å². The summed E-state index contributed by atoms with van der Waals surface area (Å²) in [6.07, 6.45) is 0.139. The molecule has 1 fully saturated rings. The topological polar surface area (TPSA) is 108 Å². The summed E-state index contributed by atoms with van der Waals surface area (Å²) in [6.45, 7) is 4.77. The number of sulfonamides is 1. The molecule has 39 heavy (non-hydrogen) atoms. The predicted molar refractivity (Wildman–Crippen MR) is 150 cm³/mol. The molecule has 0 aliphatic carbocycles. The van der Waals surface area contributed by atoms with E-state index in [0.29, 0.717) is 24.3 Å². The average Bonchev–Trinajstić information content (AvgIpc) is 2.93. The Bertz CT molecular complexity index is 1400. The zero-order chi connectivity index (χ0) is 28.0. The Kier molecular flexibility index (Phi) is 9.01. The fourth-order valence-corrected chi connectivity index (χ4v) is 5.85. The van der Waals surface area contributed by atoms with Crippen LogP contribution in [0.3, 0.4) is 0 Å². The van der Waals surface area contributed by atoms with Crippen molar-refractivity contribution in [2.45, 2.75) is 24.3 Å². The van der Waals surface area contributed by atoms with Gasteiger partial charge in [-0.2, -0.15) is 4.72 Å². The van der Waals surface area contributed by atoms with E-state index in [-0.39, 0.29) is 23.0 Å². The van der Waals surface area contributed by atoms with Crippen molar-refractivity contribution in [2.24, 2.45) is 0 Å². The second-order valence-corrected chi connectivity index (χ2v) is 11.4. The van der Waals surface area contributed by atoms with Gasteiger partial charge in [-0.05, 0) is 67.9 Å². The molecule has 2 amide bonds. The molecule has 3 aromatic rings. The molecule has 0 radical (unpaired) electrons. The molecule has 1 heterocycles. The van der Waals surface area contributed by atoms with E-state index in [2.05, 4.69) is 14.9 Å². The van der Waals surface area contributed by atoms with E-state index in [1.807, 2.05) is 42.3 Å². The second kappa shape index (κ2) is 12.4. The summed E-state index contributed by atoms with van der Waals surface area (Å²) in [5, 5.41) is 2.80. The summed E-state index contributed by atoms with van der Waals surface area (Å²) >= 11 is 0. The third-order valence-electron chi connectivity index (χ3n) is 6.70. The summed E-state index contributed by atoms with van der Waals surface area (Å²) in [7, 11) is -0.678. The van der Waals surface area contributed by atoms with Crippen LogP contribution in [0.1, 0.15) is 21.5 Å². The highest BCUT2D eigenvalue weighted by Crippen LogP contribution is 2.25. The van der Waals surface area contributed by atoms with Crippen LogP contribution in [0.5, 0.6) is 5.75 Å². The minimum absolute atomic E-state index is 0.0392. The highest BCUT2D eigenvalue weighted by Gasteiger charge is 2.29. The number of methoxy groups -OCH3 is 1. The number of likely N-dealkylation sites (N-methyl/N-ethyl adjacent to an activating group) is 1. The summed E-state index contributed by atoms with van der Waals surface area (Å²) in [5.41, 5.74) is 2.53. The highest BCUT2D eigenvalue weighted by molar-refractivity contribution is 7.89. The number of piperazine rings is 1. The number of ether oxygens (including phenoxy) is 1. The maximum absolute atomic E-state index is 13.4. The first-order chi connectivity index (χ1) is 18.7. The molecule has 1 unspecified atom stereocenters. The summed E-state index contributed by atoms with van der Waals surface area (Å²) in [6, 6.07) is 19.6. The van der Waals surface area contributed by atoms with Gasteiger partial charge in [0.1, 0.15) is 16.7 Å². The van der Waals surface area contributed by atoms with E-state index in [0.717, 1.165) is 24.2 Å². The van der Waals surface area contributed by atoms with Crippen molar-refractivity contribution in [1.29, 1.82) is 0 Å². The number of benzene rings is 3. The van der Waals surface area contributed by atoms with Crippen molar-refractivity contribution in [3.05, 3.63) is 89.5 Å². The van der Waals surface area contributed by atoms with Crippen LogP contribution in [0, 0.1) is 6.92 Å². The van der Waals surface area contributed by atoms with Crippen molar-refractivity contribution >= 4 is 27.5 Å². The highest BCUT2D eigenvalue weighted by atomic mass is 32.2. The molecule has 0 spiro atoms. The van der Waals surface area contributed by atoms with Crippen LogP contribution in [0.2, 0.25) is 0 Å². The molecule has 3 aromatic carbocycles. The molecular formula is C29H34N4O5S. The fourth-order valence-electron chi connectivity index (χ4n) is 4.40. The van der Waals surface area contributed by atoms with Gasteiger partial charge in [-0.15, -0.1) is 0 Å². The normalized spacial score (nSPS) is 15.0. The monoisotopic (exact) mass is 550 g/mol. The van der Waals surface area contributed by atoms with Crippen LogP contribution in [-0.2, 0) is 21.2 Å². The van der Waals surface area contributed by atoms with Crippen LogP contribution in [0.4, 0.5) is 5.69 Å². The lowest BCUT2D eigenvalue weighted by atomic mass is 10.1. The zero-order valence-corrected chi connectivity index (χ0v) is 23.2. The molecule has 1 atom stereocenters. The largest absolute Gasteiger partial charge is 0.495 e. The number of carbonyl (C=O) groups excluding carboxylic acids is 2. The van der Waals surface area contributed by atoms with Gasteiger partial charge in [0, 0.05) is 37.4 Å². The fraction of sp³-hybridized carbons (Fsp3) is 0.310. The van der Waals surface area contributed by atoms with Gasteiger partial charge in [-0.1, -0.05) is 36.4 Å². The van der Waals surface area contributed by atoms with Crippen LogP contribution in [0.25, 0.3) is 0 Å². The lowest BCUT2D eigenvalue weighted by Gasteiger charge is -2.32. The van der Waals surface area contributed by atoms with Gasteiger partial charge in [0.05, 0.1) is 7.11 Å². The van der Waals surface area contributed by atoms with Crippen LogP contribution >= 0.6 is 0 Å². The van der Waals surface area contributed by atoms with Crippen molar-refractivity contribution in [3.63, 3.8) is 0 Å². The van der Waals surface area contributed by atoms with Crippen LogP contribution < -0.4 is 14.8 Å². The number of nitrogens with one attached hydrogen (secondary N) is 2. The number of amides is 2. The Morgan fingerprint density at radius 1 is 0.949 bits per heavy atom. The number of carbonyl (C=O) groups is 2. The van der Waals surface area contributed by atoms with Gasteiger partial charge < -0.3 is 19.9 Å². The Morgan fingerprint density at radius 3 is 2.26 bits per heavy atom. The standard InChI is InChI=1S/C29H34N4O5S/c1-21-9-14-26(38-3)27(19-21)39(36,37)31-25(20-22-7-5-4-6-8-22)28(34)30-24-12-10-23(11-13-24)29(35)33-17-15-32(2)16-18-33/h4-14,19,25,31H,15-18,20H2,1-3H3,(H,30,34). The second-order valence-electron chi connectivity index (χ2n) is 9.68. The quantitative estimate of drug-likeness (QED) is 0.424. The van der Waals surface area contributed by atoms with E-state index >= 15 is 0 Å². The smallest absolute Gasteiger partial charge is 0.253 e. The number of aryl methyl sites for hydroxylation is 1. The minimum atomic E-state index is -4.11. The maximum Gasteiger partial charge on any atom is 0.253 e. The number of anilines is 1. The van der Waals surface area contributed by atoms with Gasteiger partial charge in [0.25, 0.3) is 5.91 Å². The van der Waals surface area contributed by atoms with E-state index < -0.39 is 22.0 Å². The van der Waals surface area contributed by atoms with Crippen molar-refractivity contribution in [1.82, 2.24) is 14.5 Å². The molecule has 0 aromatic heterocycles.